The third kappa shape index (κ3) is 4.61. The minimum atomic E-state index is 0.672. The zero-order chi connectivity index (χ0) is 14.9. The second kappa shape index (κ2) is 8.49. The van der Waals surface area contributed by atoms with Gasteiger partial charge in [-0.1, -0.05) is 32.0 Å². The summed E-state index contributed by atoms with van der Waals surface area (Å²) in [6.07, 6.45) is 1.19. The van der Waals surface area contributed by atoms with Crippen LogP contribution in [-0.2, 0) is 6.54 Å². The smallest absolute Gasteiger partial charge is 0.170 e. The van der Waals surface area contributed by atoms with E-state index < -0.39 is 0 Å². The summed E-state index contributed by atoms with van der Waals surface area (Å²) in [7, 11) is 0. The number of aromatic nitrogens is 4. The normalized spacial score (nSPS) is 11.2. The van der Waals surface area contributed by atoms with Gasteiger partial charge in [-0.25, -0.2) is 0 Å². The summed E-state index contributed by atoms with van der Waals surface area (Å²) in [5, 5.41) is 15.3. The highest BCUT2D eigenvalue weighted by molar-refractivity contribution is 5.30. The number of hydrogen-bond acceptors (Lipinski definition) is 5. The Kier molecular flexibility index (Phi) is 6.30. The molecule has 6 heteroatoms. The van der Waals surface area contributed by atoms with E-state index >= 15 is 0 Å². The van der Waals surface area contributed by atoms with Gasteiger partial charge in [0.1, 0.15) is 0 Å². The number of nitrogens with one attached hydrogen (secondary N) is 1. The first-order valence-electron chi connectivity index (χ1n) is 7.61. The first kappa shape index (κ1) is 15.6. The molecule has 1 heterocycles. The summed E-state index contributed by atoms with van der Waals surface area (Å²) in [6.45, 7) is 9.32. The third-order valence-corrected chi connectivity index (χ3v) is 3.41. The van der Waals surface area contributed by atoms with Crippen molar-refractivity contribution in [2.45, 2.75) is 26.8 Å². The van der Waals surface area contributed by atoms with Gasteiger partial charge in [0, 0.05) is 13.1 Å². The van der Waals surface area contributed by atoms with Crippen LogP contribution in [0.5, 0.6) is 0 Å². The fourth-order valence-corrected chi connectivity index (χ4v) is 2.27. The van der Waals surface area contributed by atoms with Crippen molar-refractivity contribution in [1.29, 1.82) is 0 Å². The predicted molar refractivity (Wildman–Crippen MR) is 83.3 cm³/mol. The molecule has 0 aliphatic carbocycles. The zero-order valence-corrected chi connectivity index (χ0v) is 12.9. The number of tetrazole rings is 1. The average Bonchev–Trinajstić information content (AvgIpc) is 2.99. The predicted octanol–water partition coefficient (Wildman–Crippen LogP) is 1.48. The van der Waals surface area contributed by atoms with Crippen LogP contribution in [0.4, 0.5) is 0 Å². The lowest BCUT2D eigenvalue weighted by Crippen LogP contribution is -2.32. The van der Waals surface area contributed by atoms with Crippen LogP contribution in [0.25, 0.3) is 5.69 Å². The van der Waals surface area contributed by atoms with Crippen LogP contribution in [-0.4, -0.2) is 51.3 Å². The molecule has 2 aromatic rings. The zero-order valence-electron chi connectivity index (χ0n) is 12.9. The Morgan fingerprint density at radius 1 is 1.14 bits per heavy atom. The topological polar surface area (TPSA) is 58.9 Å². The van der Waals surface area contributed by atoms with Gasteiger partial charge >= 0.3 is 0 Å². The Hall–Kier alpha value is -1.79. The van der Waals surface area contributed by atoms with Crippen molar-refractivity contribution in [3.63, 3.8) is 0 Å². The van der Waals surface area contributed by atoms with E-state index in [4.69, 9.17) is 0 Å². The van der Waals surface area contributed by atoms with E-state index in [-0.39, 0.29) is 0 Å². The molecule has 0 saturated heterocycles. The minimum Gasteiger partial charge on any atom is -0.308 e. The highest BCUT2D eigenvalue weighted by Crippen LogP contribution is 2.06. The Morgan fingerprint density at radius 2 is 1.95 bits per heavy atom. The Bertz CT molecular complexity index is 510. The van der Waals surface area contributed by atoms with Gasteiger partial charge in [0.05, 0.1) is 12.2 Å². The highest BCUT2D eigenvalue weighted by atomic mass is 15.5. The number of para-hydroxylation sites is 1. The lowest BCUT2D eigenvalue weighted by atomic mass is 10.3. The SMILES string of the molecule is CCCN(CC)CCNCc1nnnn1-c1ccccc1. The van der Waals surface area contributed by atoms with Crippen molar-refractivity contribution < 1.29 is 0 Å². The second-order valence-corrected chi connectivity index (χ2v) is 4.95. The van der Waals surface area contributed by atoms with Crippen LogP contribution in [0.15, 0.2) is 30.3 Å². The standard InChI is InChI=1S/C15H24N6/c1-3-11-20(4-2)12-10-16-13-15-17-18-19-21(15)14-8-6-5-7-9-14/h5-9,16H,3-4,10-13H2,1-2H3. The van der Waals surface area contributed by atoms with Crippen molar-refractivity contribution in [3.8, 4) is 5.69 Å². The molecular formula is C15H24N6. The molecule has 0 aliphatic rings. The van der Waals surface area contributed by atoms with Gasteiger partial charge in [0.15, 0.2) is 5.82 Å². The van der Waals surface area contributed by atoms with Crippen LogP contribution in [0.3, 0.4) is 0 Å². The van der Waals surface area contributed by atoms with Gasteiger partial charge in [-0.05, 0) is 42.1 Å². The Morgan fingerprint density at radius 3 is 2.67 bits per heavy atom. The van der Waals surface area contributed by atoms with Gasteiger partial charge < -0.3 is 10.2 Å². The first-order chi connectivity index (χ1) is 10.3. The Balaban J connectivity index is 1.83. The molecule has 0 unspecified atom stereocenters. The average molecular weight is 288 g/mol. The van der Waals surface area contributed by atoms with Crippen molar-refractivity contribution in [1.82, 2.24) is 30.4 Å². The van der Waals surface area contributed by atoms with Gasteiger partial charge in [0.25, 0.3) is 0 Å². The maximum absolute atomic E-state index is 4.09. The van der Waals surface area contributed by atoms with Crippen LogP contribution in [0.2, 0.25) is 0 Å². The van der Waals surface area contributed by atoms with Gasteiger partial charge in [-0.15, -0.1) is 5.10 Å². The molecule has 0 radical (unpaired) electrons. The summed E-state index contributed by atoms with van der Waals surface area (Å²) in [5.74, 6) is 0.833. The summed E-state index contributed by atoms with van der Waals surface area (Å²) >= 11 is 0. The quantitative estimate of drug-likeness (QED) is 0.708. The molecule has 0 spiro atoms. The molecule has 0 saturated carbocycles. The number of nitrogens with zero attached hydrogens (tertiary/aromatic N) is 5. The highest BCUT2D eigenvalue weighted by Gasteiger charge is 2.07. The number of benzene rings is 1. The van der Waals surface area contributed by atoms with Crippen molar-refractivity contribution in [2.75, 3.05) is 26.2 Å². The molecule has 21 heavy (non-hydrogen) atoms. The number of hydrogen-bond donors (Lipinski definition) is 1. The van der Waals surface area contributed by atoms with Crippen LogP contribution in [0, 0.1) is 0 Å². The van der Waals surface area contributed by atoms with Crippen molar-refractivity contribution in [2.24, 2.45) is 0 Å². The molecular weight excluding hydrogens is 264 g/mol. The Labute approximate surface area is 126 Å². The molecule has 0 atom stereocenters. The van der Waals surface area contributed by atoms with Crippen molar-refractivity contribution >= 4 is 0 Å². The van der Waals surface area contributed by atoms with Crippen molar-refractivity contribution in [3.05, 3.63) is 36.2 Å². The molecule has 6 nitrogen and oxygen atoms in total. The lowest BCUT2D eigenvalue weighted by molar-refractivity contribution is 0.287. The third-order valence-electron chi connectivity index (χ3n) is 3.41. The van der Waals surface area contributed by atoms with Crippen LogP contribution < -0.4 is 5.32 Å². The van der Waals surface area contributed by atoms with Crippen LogP contribution >= 0.6 is 0 Å². The monoisotopic (exact) mass is 288 g/mol. The maximum Gasteiger partial charge on any atom is 0.170 e. The molecule has 0 amide bonds. The van der Waals surface area contributed by atoms with Gasteiger partial charge in [-0.3, -0.25) is 0 Å². The number of rotatable bonds is 9. The summed E-state index contributed by atoms with van der Waals surface area (Å²) < 4.78 is 1.77. The lowest BCUT2D eigenvalue weighted by Gasteiger charge is -2.19. The molecule has 0 fully saturated rings. The molecule has 2 rings (SSSR count). The number of likely N-dealkylation sites (N-methyl/N-ethyl adjacent to an activating group) is 1. The maximum atomic E-state index is 4.09. The van der Waals surface area contributed by atoms with E-state index in [0.29, 0.717) is 6.54 Å². The van der Waals surface area contributed by atoms with E-state index in [1.54, 1.807) is 4.68 Å². The summed E-state index contributed by atoms with van der Waals surface area (Å²) in [5.41, 5.74) is 0.987. The van der Waals surface area contributed by atoms with Gasteiger partial charge in [-0.2, -0.15) is 4.68 Å². The fourth-order valence-electron chi connectivity index (χ4n) is 2.27. The largest absolute Gasteiger partial charge is 0.308 e. The first-order valence-corrected chi connectivity index (χ1v) is 7.61. The van der Waals surface area contributed by atoms with E-state index in [1.165, 1.54) is 6.42 Å². The minimum absolute atomic E-state index is 0.672. The molecule has 0 bridgehead atoms. The van der Waals surface area contributed by atoms with E-state index in [9.17, 15) is 0 Å². The fraction of sp³-hybridized carbons (Fsp3) is 0.533. The molecule has 114 valence electrons. The summed E-state index contributed by atoms with van der Waals surface area (Å²) in [4.78, 5) is 2.44. The van der Waals surface area contributed by atoms with Crippen LogP contribution in [0.1, 0.15) is 26.1 Å². The molecule has 0 aliphatic heterocycles. The molecule has 1 aromatic heterocycles. The summed E-state index contributed by atoms with van der Waals surface area (Å²) in [6, 6.07) is 9.95. The van der Waals surface area contributed by atoms with E-state index in [0.717, 1.165) is 37.7 Å². The molecule has 1 N–H and O–H groups in total. The van der Waals surface area contributed by atoms with Gasteiger partial charge in [0.2, 0.25) is 0 Å². The van der Waals surface area contributed by atoms with E-state index in [1.807, 2.05) is 30.3 Å². The molecule has 1 aromatic carbocycles. The second-order valence-electron chi connectivity index (χ2n) is 4.95. The van der Waals surface area contributed by atoms with E-state index in [2.05, 4.69) is 39.6 Å².